The molecule has 5 heteroatoms. The summed E-state index contributed by atoms with van der Waals surface area (Å²) in [6, 6.07) is 3.29. The lowest BCUT2D eigenvalue weighted by Crippen LogP contribution is -2.24. The minimum Gasteiger partial charge on any atom is -0.341 e. The summed E-state index contributed by atoms with van der Waals surface area (Å²) in [5, 5.41) is 4.55. The molecule has 0 aliphatic heterocycles. The maximum absolute atomic E-state index is 13.1. The molecule has 1 aromatic carbocycles. The highest BCUT2D eigenvalue weighted by atomic mass is 19.1. The van der Waals surface area contributed by atoms with Gasteiger partial charge in [-0.25, -0.2) is 9.18 Å². The van der Waals surface area contributed by atoms with E-state index in [1.54, 1.807) is 0 Å². The number of amides is 2. The van der Waals surface area contributed by atoms with Crippen molar-refractivity contribution in [3.05, 3.63) is 29.6 Å². The van der Waals surface area contributed by atoms with Gasteiger partial charge in [-0.3, -0.25) is 4.79 Å². The van der Waals surface area contributed by atoms with Gasteiger partial charge in [-0.1, -0.05) is 0 Å². The number of urea groups is 1. The zero-order chi connectivity index (χ0) is 10.6. The Kier molecular flexibility index (Phi) is 3.17. The van der Waals surface area contributed by atoms with E-state index in [4.69, 9.17) is 0 Å². The van der Waals surface area contributed by atoms with Gasteiger partial charge in [0.1, 0.15) is 12.1 Å². The van der Waals surface area contributed by atoms with Crippen LogP contribution in [0.4, 0.5) is 14.9 Å². The summed E-state index contributed by atoms with van der Waals surface area (Å²) in [5.41, 5.74) is 0.264. The lowest BCUT2D eigenvalue weighted by Gasteiger charge is -2.05. The Morgan fingerprint density at radius 2 is 2.21 bits per heavy atom. The SMILES string of the molecule is CNC(=O)Nc1ccc(C=O)cc1F. The fraction of sp³-hybridized carbons (Fsp3) is 0.111. The van der Waals surface area contributed by atoms with Gasteiger partial charge >= 0.3 is 6.03 Å². The highest BCUT2D eigenvalue weighted by molar-refractivity contribution is 5.89. The molecule has 2 N–H and O–H groups in total. The third-order valence-electron chi connectivity index (χ3n) is 1.60. The van der Waals surface area contributed by atoms with E-state index in [0.717, 1.165) is 6.07 Å². The van der Waals surface area contributed by atoms with Crippen LogP contribution in [-0.4, -0.2) is 19.4 Å². The van der Waals surface area contributed by atoms with Gasteiger partial charge in [0.05, 0.1) is 5.69 Å². The largest absolute Gasteiger partial charge is 0.341 e. The van der Waals surface area contributed by atoms with E-state index in [0.29, 0.717) is 6.29 Å². The van der Waals surface area contributed by atoms with Crippen molar-refractivity contribution in [1.82, 2.24) is 5.32 Å². The number of rotatable bonds is 2. The molecule has 0 atom stereocenters. The molecule has 1 rings (SSSR count). The summed E-state index contributed by atoms with van der Waals surface area (Å²) in [7, 11) is 1.42. The van der Waals surface area contributed by atoms with Crippen molar-refractivity contribution in [1.29, 1.82) is 0 Å². The summed E-state index contributed by atoms with van der Waals surface area (Å²) >= 11 is 0. The van der Waals surface area contributed by atoms with Crippen LogP contribution < -0.4 is 10.6 Å². The standard InChI is InChI=1S/C9H9FN2O2/c1-11-9(14)12-8-3-2-6(5-13)4-7(8)10/h2-5H,1H3,(H2,11,12,14). The molecule has 0 bridgehead atoms. The average molecular weight is 196 g/mol. The first-order chi connectivity index (χ1) is 6.67. The molecule has 0 radical (unpaired) electrons. The van der Waals surface area contributed by atoms with Gasteiger partial charge < -0.3 is 10.6 Å². The number of benzene rings is 1. The minimum atomic E-state index is -0.641. The Morgan fingerprint density at radius 1 is 1.50 bits per heavy atom. The highest BCUT2D eigenvalue weighted by Gasteiger charge is 2.05. The van der Waals surface area contributed by atoms with Gasteiger partial charge in [-0.05, 0) is 18.2 Å². The molecule has 0 aromatic heterocycles. The van der Waals surface area contributed by atoms with Gasteiger partial charge in [-0.2, -0.15) is 0 Å². The number of hydrogen-bond donors (Lipinski definition) is 2. The van der Waals surface area contributed by atoms with Crippen LogP contribution in [0.5, 0.6) is 0 Å². The van der Waals surface area contributed by atoms with Crippen molar-refractivity contribution in [2.75, 3.05) is 12.4 Å². The predicted molar refractivity (Wildman–Crippen MR) is 49.9 cm³/mol. The summed E-state index contributed by atoms with van der Waals surface area (Å²) < 4.78 is 13.1. The van der Waals surface area contributed by atoms with Gasteiger partial charge in [0, 0.05) is 12.6 Å². The number of hydrogen-bond acceptors (Lipinski definition) is 2. The quantitative estimate of drug-likeness (QED) is 0.702. The third kappa shape index (κ3) is 2.29. The second-order valence-electron chi connectivity index (χ2n) is 2.56. The summed E-state index contributed by atoms with van der Waals surface area (Å²) in [5.74, 6) is -0.641. The van der Waals surface area contributed by atoms with Crippen LogP contribution >= 0.6 is 0 Å². The molecule has 0 aliphatic rings. The lowest BCUT2D eigenvalue weighted by atomic mass is 10.2. The molecule has 1 aromatic rings. The van der Waals surface area contributed by atoms with Crippen LogP contribution in [0, 0.1) is 5.82 Å². The number of carbonyl (C=O) groups is 2. The Labute approximate surface area is 80.1 Å². The molecular weight excluding hydrogens is 187 g/mol. The van der Waals surface area contributed by atoms with Gasteiger partial charge in [-0.15, -0.1) is 0 Å². The maximum atomic E-state index is 13.1. The Morgan fingerprint density at radius 3 is 2.71 bits per heavy atom. The first-order valence-corrected chi connectivity index (χ1v) is 3.91. The molecule has 74 valence electrons. The van der Waals surface area contributed by atoms with Gasteiger partial charge in [0.25, 0.3) is 0 Å². The fourth-order valence-corrected chi connectivity index (χ4v) is 0.891. The molecule has 0 fully saturated rings. The summed E-state index contributed by atoms with van der Waals surface area (Å²) in [6.45, 7) is 0. The Bertz CT molecular complexity index is 366. The van der Waals surface area contributed by atoms with Crippen LogP contribution in [0.3, 0.4) is 0 Å². The van der Waals surface area contributed by atoms with Crippen molar-refractivity contribution in [3.63, 3.8) is 0 Å². The molecule has 0 heterocycles. The number of nitrogens with one attached hydrogen (secondary N) is 2. The van der Waals surface area contributed by atoms with Gasteiger partial charge in [0.15, 0.2) is 0 Å². The topological polar surface area (TPSA) is 58.2 Å². The third-order valence-corrected chi connectivity index (χ3v) is 1.60. The average Bonchev–Trinajstić information content (AvgIpc) is 2.20. The highest BCUT2D eigenvalue weighted by Crippen LogP contribution is 2.14. The van der Waals surface area contributed by atoms with E-state index < -0.39 is 11.8 Å². The molecule has 0 saturated carbocycles. The van der Waals surface area contributed by atoms with Crippen LogP contribution in [0.25, 0.3) is 0 Å². The van der Waals surface area contributed by atoms with E-state index >= 15 is 0 Å². The molecule has 14 heavy (non-hydrogen) atoms. The van der Waals surface area contributed by atoms with Crippen LogP contribution in [0.15, 0.2) is 18.2 Å². The smallest absolute Gasteiger partial charge is 0.319 e. The van der Waals surface area contributed by atoms with Crippen molar-refractivity contribution in [2.24, 2.45) is 0 Å². The van der Waals surface area contributed by atoms with Crippen LogP contribution in [0.1, 0.15) is 10.4 Å². The summed E-state index contributed by atoms with van der Waals surface area (Å²) in [6.07, 6.45) is 0.534. The van der Waals surface area contributed by atoms with Crippen LogP contribution in [-0.2, 0) is 0 Å². The van der Waals surface area contributed by atoms with E-state index in [1.807, 2.05) is 0 Å². The second kappa shape index (κ2) is 4.36. The minimum absolute atomic E-state index is 0.0370. The Hall–Kier alpha value is -1.91. The number of carbonyl (C=O) groups excluding carboxylic acids is 2. The normalized spacial score (nSPS) is 9.29. The molecule has 0 spiro atoms. The second-order valence-corrected chi connectivity index (χ2v) is 2.56. The number of anilines is 1. The molecule has 4 nitrogen and oxygen atoms in total. The van der Waals surface area contributed by atoms with E-state index in [9.17, 15) is 14.0 Å². The predicted octanol–water partition coefficient (Wildman–Crippen LogP) is 1.39. The molecule has 2 amide bonds. The van der Waals surface area contributed by atoms with Crippen LogP contribution in [0.2, 0.25) is 0 Å². The maximum Gasteiger partial charge on any atom is 0.319 e. The van der Waals surface area contributed by atoms with Crippen molar-refractivity contribution < 1.29 is 14.0 Å². The summed E-state index contributed by atoms with van der Waals surface area (Å²) in [4.78, 5) is 21.1. The monoisotopic (exact) mass is 196 g/mol. The lowest BCUT2D eigenvalue weighted by molar-refractivity contribution is 0.112. The Balaban J connectivity index is 2.89. The van der Waals surface area contributed by atoms with Crippen molar-refractivity contribution >= 4 is 18.0 Å². The fourth-order valence-electron chi connectivity index (χ4n) is 0.891. The van der Waals surface area contributed by atoms with Crippen molar-refractivity contribution in [2.45, 2.75) is 0 Å². The number of halogens is 1. The zero-order valence-corrected chi connectivity index (χ0v) is 7.50. The van der Waals surface area contributed by atoms with Crippen molar-refractivity contribution in [3.8, 4) is 0 Å². The molecule has 0 saturated heterocycles. The molecule has 0 unspecified atom stereocenters. The van der Waals surface area contributed by atoms with E-state index in [1.165, 1.54) is 19.2 Å². The first-order valence-electron chi connectivity index (χ1n) is 3.91. The molecule has 0 aliphatic carbocycles. The zero-order valence-electron chi connectivity index (χ0n) is 7.50. The van der Waals surface area contributed by atoms with E-state index in [2.05, 4.69) is 10.6 Å². The van der Waals surface area contributed by atoms with Gasteiger partial charge in [0.2, 0.25) is 0 Å². The molecular formula is C9H9FN2O2. The first kappa shape index (κ1) is 10.2. The number of aldehydes is 1. The van der Waals surface area contributed by atoms with E-state index in [-0.39, 0.29) is 11.3 Å².